The lowest BCUT2D eigenvalue weighted by molar-refractivity contribution is -0.126. The van der Waals surface area contributed by atoms with Gasteiger partial charge in [-0.3, -0.25) is 14.6 Å². The zero-order chi connectivity index (χ0) is 30.5. The Balaban J connectivity index is 1.48. The minimum absolute atomic E-state index is 0.0747. The average molecular weight is 605 g/mol. The summed E-state index contributed by atoms with van der Waals surface area (Å²) in [4.78, 5) is 36.6. The monoisotopic (exact) mass is 604 g/mol. The summed E-state index contributed by atoms with van der Waals surface area (Å²) in [7, 11) is 0. The zero-order valence-electron chi connectivity index (χ0n) is 24.3. The van der Waals surface area contributed by atoms with Crippen molar-refractivity contribution < 1.29 is 18.7 Å². The van der Waals surface area contributed by atoms with E-state index in [-0.39, 0.29) is 23.7 Å². The van der Waals surface area contributed by atoms with E-state index < -0.39 is 0 Å². The van der Waals surface area contributed by atoms with Crippen LogP contribution in [-0.2, 0) is 24.3 Å². The Morgan fingerprint density at radius 1 is 1.09 bits per heavy atom. The van der Waals surface area contributed by atoms with E-state index in [1.165, 1.54) is 18.2 Å². The van der Waals surface area contributed by atoms with Gasteiger partial charge in [-0.15, -0.1) is 11.3 Å². The van der Waals surface area contributed by atoms with Crippen LogP contribution in [0, 0.1) is 5.82 Å². The molecule has 220 valence electrons. The molecule has 2 amide bonds. The number of benzene rings is 2. The lowest BCUT2D eigenvalue weighted by atomic mass is 9.93. The number of pyridine rings is 2. The van der Waals surface area contributed by atoms with Gasteiger partial charge in [0.25, 0.3) is 5.91 Å². The van der Waals surface area contributed by atoms with E-state index in [9.17, 15) is 14.0 Å². The first-order valence-electron chi connectivity index (χ1n) is 14.5. The molecule has 7 rings (SSSR count). The highest BCUT2D eigenvalue weighted by Crippen LogP contribution is 2.46. The second-order valence-corrected chi connectivity index (χ2v) is 12.2. The third-order valence-corrected chi connectivity index (χ3v) is 8.98. The summed E-state index contributed by atoms with van der Waals surface area (Å²) in [5.74, 6) is -0.147. The predicted molar refractivity (Wildman–Crippen MR) is 170 cm³/mol. The molecule has 1 N–H and O–H groups in total. The Hall–Kier alpha value is -4.89. The molecule has 0 atom stereocenters. The molecule has 9 heteroatoms. The molecule has 0 unspecified atom stereocenters. The van der Waals surface area contributed by atoms with Gasteiger partial charge in [0, 0.05) is 81.9 Å². The van der Waals surface area contributed by atoms with Crippen LogP contribution >= 0.6 is 11.3 Å². The largest absolute Gasteiger partial charge is 0.490 e. The topological polar surface area (TPSA) is 84.4 Å². The molecule has 7 nitrogen and oxygen atoms in total. The zero-order valence-corrected chi connectivity index (χ0v) is 25.1. The highest BCUT2D eigenvalue weighted by molar-refractivity contribution is 7.18. The SMILES string of the molecule is C=CC(=O)N1CCc2ncc(-c3nc(-c4ccc5c(c4)CNC5=O)c4ccsc4c3-c3ccc(F)cc3OC(C)C)cc2C1. The maximum atomic E-state index is 14.6. The molecule has 0 bridgehead atoms. The number of amides is 2. The van der Waals surface area contributed by atoms with Crippen molar-refractivity contribution >= 4 is 33.2 Å². The first-order chi connectivity index (χ1) is 21.3. The highest BCUT2D eigenvalue weighted by atomic mass is 32.1. The molecule has 0 radical (unpaired) electrons. The van der Waals surface area contributed by atoms with Crippen molar-refractivity contribution in [1.82, 2.24) is 20.2 Å². The average Bonchev–Trinajstić information content (AvgIpc) is 3.66. The Morgan fingerprint density at radius 3 is 2.73 bits per heavy atom. The number of rotatable bonds is 6. The van der Waals surface area contributed by atoms with E-state index in [0.717, 1.165) is 54.9 Å². The van der Waals surface area contributed by atoms with Gasteiger partial charge in [0.15, 0.2) is 0 Å². The van der Waals surface area contributed by atoms with Crippen LogP contribution in [0.25, 0.3) is 43.7 Å². The molecule has 0 fully saturated rings. The maximum Gasteiger partial charge on any atom is 0.251 e. The molecule has 2 aliphatic heterocycles. The number of carbonyl (C=O) groups is 2. The Bertz CT molecular complexity index is 2000. The third kappa shape index (κ3) is 4.83. The van der Waals surface area contributed by atoms with Crippen molar-refractivity contribution in [2.24, 2.45) is 0 Å². The molecular formula is C35H29FN4O3S. The summed E-state index contributed by atoms with van der Waals surface area (Å²) in [5, 5.41) is 5.86. The highest BCUT2D eigenvalue weighted by Gasteiger charge is 2.26. The minimum atomic E-state index is -0.387. The summed E-state index contributed by atoms with van der Waals surface area (Å²) in [6.07, 6.45) is 3.64. The second kappa shape index (κ2) is 11.0. The summed E-state index contributed by atoms with van der Waals surface area (Å²) in [5.41, 5.74) is 8.17. The van der Waals surface area contributed by atoms with Crippen LogP contribution in [0.3, 0.4) is 0 Å². The van der Waals surface area contributed by atoms with Gasteiger partial charge in [0.1, 0.15) is 11.6 Å². The molecule has 44 heavy (non-hydrogen) atoms. The van der Waals surface area contributed by atoms with Crippen LogP contribution in [0.5, 0.6) is 5.75 Å². The van der Waals surface area contributed by atoms with Gasteiger partial charge < -0.3 is 15.0 Å². The molecule has 5 aromatic rings. The summed E-state index contributed by atoms with van der Waals surface area (Å²) in [6.45, 7) is 8.95. The standard InChI is InChI=1S/C35H29FN4O3S/c1-4-30(41)40-11-9-28-23(18-40)14-22(17-37-28)33-31(26-8-6-24(36)15-29(26)43-19(2)3)34-27(10-12-44-34)32(39-33)20-5-7-25-21(13-20)16-38-35(25)42/h4-8,10,12-15,17,19H,1,9,11,16,18H2,2-3H3,(H,38,42). The van der Waals surface area contributed by atoms with Gasteiger partial charge in [-0.2, -0.15) is 0 Å². The van der Waals surface area contributed by atoms with E-state index in [4.69, 9.17) is 14.7 Å². The number of nitrogens with zero attached hydrogens (tertiary/aromatic N) is 3. The van der Waals surface area contributed by atoms with E-state index in [0.29, 0.717) is 43.1 Å². The Morgan fingerprint density at radius 2 is 1.91 bits per heavy atom. The molecule has 2 aliphatic rings. The lowest BCUT2D eigenvalue weighted by Crippen LogP contribution is -2.35. The van der Waals surface area contributed by atoms with Crippen LogP contribution in [0.4, 0.5) is 4.39 Å². The van der Waals surface area contributed by atoms with Crippen molar-refractivity contribution in [3.05, 3.63) is 101 Å². The van der Waals surface area contributed by atoms with Crippen molar-refractivity contribution in [2.75, 3.05) is 6.54 Å². The molecule has 0 saturated heterocycles. The number of halogens is 1. The number of aromatic nitrogens is 2. The first-order valence-corrected chi connectivity index (χ1v) is 15.4. The summed E-state index contributed by atoms with van der Waals surface area (Å²) < 4.78 is 21.7. The van der Waals surface area contributed by atoms with Gasteiger partial charge in [-0.25, -0.2) is 9.37 Å². The van der Waals surface area contributed by atoms with Crippen molar-refractivity contribution in [3.63, 3.8) is 0 Å². The smallest absolute Gasteiger partial charge is 0.251 e. The van der Waals surface area contributed by atoms with E-state index in [1.807, 2.05) is 49.7 Å². The second-order valence-electron chi connectivity index (χ2n) is 11.3. The van der Waals surface area contributed by atoms with Crippen LogP contribution in [0.1, 0.15) is 41.0 Å². The van der Waals surface area contributed by atoms with Crippen molar-refractivity contribution in [3.8, 4) is 39.4 Å². The number of ether oxygens (including phenoxy) is 1. The van der Waals surface area contributed by atoms with Crippen molar-refractivity contribution in [2.45, 2.75) is 39.5 Å². The minimum Gasteiger partial charge on any atom is -0.490 e. The Labute approximate surface area is 258 Å². The quantitative estimate of drug-likeness (QED) is 0.213. The van der Waals surface area contributed by atoms with Gasteiger partial charge in [-0.1, -0.05) is 12.6 Å². The maximum absolute atomic E-state index is 14.6. The lowest BCUT2D eigenvalue weighted by Gasteiger charge is -2.27. The van der Waals surface area contributed by atoms with Gasteiger partial charge >= 0.3 is 0 Å². The van der Waals surface area contributed by atoms with E-state index in [1.54, 1.807) is 22.3 Å². The van der Waals surface area contributed by atoms with Gasteiger partial charge in [-0.05, 0) is 72.8 Å². The Kier molecular flexibility index (Phi) is 6.97. The predicted octanol–water partition coefficient (Wildman–Crippen LogP) is 6.93. The molecule has 5 heterocycles. The fraction of sp³-hybridized carbons (Fsp3) is 0.200. The van der Waals surface area contributed by atoms with Crippen LogP contribution in [0.15, 0.2) is 72.8 Å². The van der Waals surface area contributed by atoms with Crippen LogP contribution < -0.4 is 10.1 Å². The molecule has 0 aliphatic carbocycles. The fourth-order valence-corrected chi connectivity index (χ4v) is 6.97. The molecule has 2 aromatic carbocycles. The number of carbonyl (C=O) groups excluding carboxylic acids is 2. The van der Waals surface area contributed by atoms with Gasteiger partial charge in [0.2, 0.25) is 5.91 Å². The van der Waals surface area contributed by atoms with Crippen LogP contribution in [-0.4, -0.2) is 39.3 Å². The number of hydrogen-bond donors (Lipinski definition) is 1. The number of nitrogens with one attached hydrogen (secondary N) is 1. The molecule has 0 spiro atoms. The molecular weight excluding hydrogens is 575 g/mol. The van der Waals surface area contributed by atoms with Crippen molar-refractivity contribution in [1.29, 1.82) is 0 Å². The number of thiophene rings is 1. The number of hydrogen-bond acceptors (Lipinski definition) is 6. The van der Waals surface area contributed by atoms with Crippen LogP contribution in [0.2, 0.25) is 0 Å². The number of fused-ring (bicyclic) bond motifs is 3. The first kappa shape index (κ1) is 27.9. The van der Waals surface area contributed by atoms with E-state index in [2.05, 4.69) is 18.0 Å². The summed E-state index contributed by atoms with van der Waals surface area (Å²) >= 11 is 1.58. The molecule has 3 aromatic heterocycles. The third-order valence-electron chi connectivity index (χ3n) is 8.05. The van der Waals surface area contributed by atoms with E-state index >= 15 is 0 Å². The fourth-order valence-electron chi connectivity index (χ4n) is 6.01. The van der Waals surface area contributed by atoms with Gasteiger partial charge in [0.05, 0.1) is 17.5 Å². The normalized spacial score (nSPS) is 14.0. The summed E-state index contributed by atoms with van der Waals surface area (Å²) in [6, 6.07) is 14.5. The molecule has 0 saturated carbocycles.